The second kappa shape index (κ2) is 5.44. The van der Waals surface area contributed by atoms with Gasteiger partial charge in [-0.15, -0.1) is 0 Å². The summed E-state index contributed by atoms with van der Waals surface area (Å²) in [6, 6.07) is 5.84. The standard InChI is InChI=1S/C16H17N3O2/c1-10-3-4-13-12(9-21-14(13)7-10)8-15(20)19-11(2)16-17-5-6-18-16/h3-7,9,11H,8H2,1-2H3,(H,17,18)(H,19,20). The van der Waals surface area contributed by atoms with Gasteiger partial charge in [0, 0.05) is 23.3 Å². The number of nitrogens with zero attached hydrogens (tertiary/aromatic N) is 1. The van der Waals surface area contributed by atoms with Crippen LogP contribution in [0.2, 0.25) is 0 Å². The third kappa shape index (κ3) is 2.81. The topological polar surface area (TPSA) is 70.9 Å². The Bertz CT molecular complexity index is 759. The summed E-state index contributed by atoms with van der Waals surface area (Å²) in [7, 11) is 0. The van der Waals surface area contributed by atoms with Crippen molar-refractivity contribution in [3.8, 4) is 0 Å². The van der Waals surface area contributed by atoms with E-state index in [2.05, 4.69) is 15.3 Å². The van der Waals surface area contributed by atoms with Gasteiger partial charge in [0.1, 0.15) is 11.4 Å². The number of hydrogen-bond acceptors (Lipinski definition) is 3. The molecule has 2 aromatic heterocycles. The molecule has 0 bridgehead atoms. The van der Waals surface area contributed by atoms with Gasteiger partial charge in [-0.1, -0.05) is 12.1 Å². The van der Waals surface area contributed by atoms with Crippen LogP contribution in [0.1, 0.15) is 29.9 Å². The number of imidazole rings is 1. The van der Waals surface area contributed by atoms with Gasteiger partial charge in [0.05, 0.1) is 18.7 Å². The van der Waals surface area contributed by atoms with E-state index in [1.165, 1.54) is 0 Å². The van der Waals surface area contributed by atoms with Crippen LogP contribution in [0.15, 0.2) is 41.3 Å². The van der Waals surface area contributed by atoms with Crippen molar-refractivity contribution in [2.45, 2.75) is 26.3 Å². The smallest absolute Gasteiger partial charge is 0.225 e. The largest absolute Gasteiger partial charge is 0.464 e. The Morgan fingerprint density at radius 2 is 2.33 bits per heavy atom. The van der Waals surface area contributed by atoms with Crippen LogP contribution in [-0.2, 0) is 11.2 Å². The number of fused-ring (bicyclic) bond motifs is 1. The lowest BCUT2D eigenvalue weighted by Crippen LogP contribution is -2.28. The highest BCUT2D eigenvalue weighted by molar-refractivity contribution is 5.88. The van der Waals surface area contributed by atoms with Crippen molar-refractivity contribution < 1.29 is 9.21 Å². The van der Waals surface area contributed by atoms with Crippen LogP contribution in [0, 0.1) is 6.92 Å². The van der Waals surface area contributed by atoms with Crippen LogP contribution < -0.4 is 5.32 Å². The second-order valence-electron chi connectivity index (χ2n) is 5.20. The fourth-order valence-corrected chi connectivity index (χ4v) is 2.38. The molecular weight excluding hydrogens is 266 g/mol. The van der Waals surface area contributed by atoms with Crippen molar-refractivity contribution in [2.75, 3.05) is 0 Å². The van der Waals surface area contributed by atoms with E-state index in [1.54, 1.807) is 18.7 Å². The number of carbonyl (C=O) groups excluding carboxylic acids is 1. The number of H-pyrrole nitrogens is 1. The summed E-state index contributed by atoms with van der Waals surface area (Å²) in [6.45, 7) is 3.91. The van der Waals surface area contributed by atoms with Gasteiger partial charge in [-0.3, -0.25) is 4.79 Å². The Kier molecular flexibility index (Phi) is 3.48. The van der Waals surface area contributed by atoms with Crippen molar-refractivity contribution >= 4 is 16.9 Å². The normalized spacial score (nSPS) is 12.5. The van der Waals surface area contributed by atoms with E-state index in [9.17, 15) is 4.79 Å². The lowest BCUT2D eigenvalue weighted by molar-refractivity contribution is -0.121. The number of carbonyl (C=O) groups is 1. The number of aromatic nitrogens is 2. The minimum atomic E-state index is -0.145. The van der Waals surface area contributed by atoms with E-state index in [-0.39, 0.29) is 11.9 Å². The van der Waals surface area contributed by atoms with Gasteiger partial charge in [0.15, 0.2) is 0 Å². The number of nitrogens with one attached hydrogen (secondary N) is 2. The average Bonchev–Trinajstić information content (AvgIpc) is 3.08. The van der Waals surface area contributed by atoms with Crippen molar-refractivity contribution in [1.29, 1.82) is 0 Å². The maximum atomic E-state index is 12.1. The number of aromatic amines is 1. The van der Waals surface area contributed by atoms with E-state index in [0.29, 0.717) is 6.42 Å². The Morgan fingerprint density at radius 1 is 1.48 bits per heavy atom. The predicted octanol–water partition coefficient (Wildman–Crippen LogP) is 2.88. The summed E-state index contributed by atoms with van der Waals surface area (Å²) < 4.78 is 5.51. The highest BCUT2D eigenvalue weighted by atomic mass is 16.3. The molecule has 3 rings (SSSR count). The van der Waals surface area contributed by atoms with Crippen molar-refractivity contribution in [1.82, 2.24) is 15.3 Å². The molecule has 0 spiro atoms. The Morgan fingerprint density at radius 3 is 3.10 bits per heavy atom. The summed E-state index contributed by atoms with van der Waals surface area (Å²) in [5.74, 6) is 0.693. The molecule has 108 valence electrons. The molecule has 3 aromatic rings. The maximum absolute atomic E-state index is 12.1. The van der Waals surface area contributed by atoms with Gasteiger partial charge in [0.2, 0.25) is 5.91 Å². The lowest BCUT2D eigenvalue weighted by Gasteiger charge is -2.10. The summed E-state index contributed by atoms with van der Waals surface area (Å²) in [6.07, 6.45) is 5.36. The Hall–Kier alpha value is -2.56. The zero-order valence-electron chi connectivity index (χ0n) is 12.0. The Labute approximate surface area is 122 Å². The van der Waals surface area contributed by atoms with Gasteiger partial charge in [-0.05, 0) is 25.5 Å². The van der Waals surface area contributed by atoms with Crippen LogP contribution in [-0.4, -0.2) is 15.9 Å². The van der Waals surface area contributed by atoms with Crippen molar-refractivity contribution in [3.05, 3.63) is 53.8 Å². The first-order valence-corrected chi connectivity index (χ1v) is 6.89. The summed E-state index contributed by atoms with van der Waals surface area (Å²) in [4.78, 5) is 19.3. The van der Waals surface area contributed by atoms with E-state index in [4.69, 9.17) is 4.42 Å². The molecule has 0 saturated heterocycles. The average molecular weight is 283 g/mol. The van der Waals surface area contributed by atoms with E-state index < -0.39 is 0 Å². The van der Waals surface area contributed by atoms with Crippen molar-refractivity contribution in [3.63, 3.8) is 0 Å². The molecule has 1 aromatic carbocycles. The van der Waals surface area contributed by atoms with Gasteiger partial charge >= 0.3 is 0 Å². The van der Waals surface area contributed by atoms with Crippen LogP contribution in [0.3, 0.4) is 0 Å². The first kappa shape index (κ1) is 13.4. The van der Waals surface area contributed by atoms with E-state index >= 15 is 0 Å². The lowest BCUT2D eigenvalue weighted by atomic mass is 10.1. The fourth-order valence-electron chi connectivity index (χ4n) is 2.38. The van der Waals surface area contributed by atoms with E-state index in [1.807, 2.05) is 32.0 Å². The minimum Gasteiger partial charge on any atom is -0.464 e. The Balaban J connectivity index is 1.71. The highest BCUT2D eigenvalue weighted by Crippen LogP contribution is 2.22. The number of benzene rings is 1. The third-order valence-electron chi connectivity index (χ3n) is 3.47. The monoisotopic (exact) mass is 283 g/mol. The summed E-state index contributed by atoms with van der Waals surface area (Å²) in [5.41, 5.74) is 2.85. The number of amides is 1. The van der Waals surface area contributed by atoms with Gasteiger partial charge in [-0.25, -0.2) is 4.98 Å². The van der Waals surface area contributed by atoms with Crippen LogP contribution in [0.25, 0.3) is 11.0 Å². The molecule has 0 aliphatic rings. The van der Waals surface area contributed by atoms with Gasteiger partial charge < -0.3 is 14.7 Å². The fraction of sp³-hybridized carbons (Fsp3) is 0.250. The molecule has 0 aliphatic carbocycles. The molecule has 1 atom stereocenters. The molecule has 0 aliphatic heterocycles. The number of rotatable bonds is 4. The summed E-state index contributed by atoms with van der Waals surface area (Å²) >= 11 is 0. The van der Waals surface area contributed by atoms with Crippen LogP contribution >= 0.6 is 0 Å². The molecule has 0 radical (unpaired) electrons. The molecule has 0 fully saturated rings. The first-order valence-electron chi connectivity index (χ1n) is 6.89. The quantitative estimate of drug-likeness (QED) is 0.773. The first-order chi connectivity index (χ1) is 10.1. The molecule has 1 unspecified atom stereocenters. The molecule has 1 amide bonds. The zero-order chi connectivity index (χ0) is 14.8. The van der Waals surface area contributed by atoms with Crippen LogP contribution in [0.5, 0.6) is 0 Å². The second-order valence-corrected chi connectivity index (χ2v) is 5.20. The number of aryl methyl sites for hydroxylation is 1. The van der Waals surface area contributed by atoms with Crippen molar-refractivity contribution in [2.24, 2.45) is 0 Å². The predicted molar refractivity (Wildman–Crippen MR) is 79.8 cm³/mol. The molecule has 2 N–H and O–H groups in total. The third-order valence-corrected chi connectivity index (χ3v) is 3.47. The highest BCUT2D eigenvalue weighted by Gasteiger charge is 2.14. The van der Waals surface area contributed by atoms with E-state index in [0.717, 1.165) is 27.9 Å². The molecule has 21 heavy (non-hydrogen) atoms. The molecule has 2 heterocycles. The molecule has 0 saturated carbocycles. The van der Waals surface area contributed by atoms with Gasteiger partial charge in [-0.2, -0.15) is 0 Å². The SMILES string of the molecule is Cc1ccc2c(CC(=O)NC(C)c3ncc[nH]3)coc2c1. The minimum absolute atomic E-state index is 0.0535. The molecule has 5 nitrogen and oxygen atoms in total. The number of hydrogen-bond donors (Lipinski definition) is 2. The molecule has 5 heteroatoms. The molecular formula is C16H17N3O2. The number of furan rings is 1. The maximum Gasteiger partial charge on any atom is 0.225 e. The van der Waals surface area contributed by atoms with Crippen LogP contribution in [0.4, 0.5) is 0 Å². The van der Waals surface area contributed by atoms with Gasteiger partial charge in [0.25, 0.3) is 0 Å². The zero-order valence-corrected chi connectivity index (χ0v) is 12.0. The summed E-state index contributed by atoms with van der Waals surface area (Å²) in [5, 5.41) is 3.91.